The van der Waals surface area contributed by atoms with Gasteiger partial charge in [-0.25, -0.2) is 0 Å². The van der Waals surface area contributed by atoms with E-state index in [1.54, 1.807) is 0 Å². The molecule has 110 valence electrons. The van der Waals surface area contributed by atoms with Crippen molar-refractivity contribution in [2.75, 3.05) is 11.9 Å². The Bertz CT molecular complexity index is 462. The third kappa shape index (κ3) is 3.81. The van der Waals surface area contributed by atoms with E-state index in [1.807, 2.05) is 18.2 Å². The number of amides is 1. The van der Waals surface area contributed by atoms with E-state index in [0.717, 1.165) is 24.1 Å². The summed E-state index contributed by atoms with van der Waals surface area (Å²) in [5.41, 5.74) is 1.98. The summed E-state index contributed by atoms with van der Waals surface area (Å²) in [6.45, 7) is 3.90. The lowest BCUT2D eigenvalue weighted by Crippen LogP contribution is -2.35. The average molecular weight is 276 g/mol. The third-order valence-corrected chi connectivity index (χ3v) is 4.06. The van der Waals surface area contributed by atoms with E-state index in [2.05, 4.69) is 23.6 Å². The molecule has 4 heteroatoms. The van der Waals surface area contributed by atoms with Gasteiger partial charge >= 0.3 is 0 Å². The minimum absolute atomic E-state index is 0.0566. The Morgan fingerprint density at radius 1 is 1.45 bits per heavy atom. The van der Waals surface area contributed by atoms with Crippen LogP contribution in [0, 0.1) is 5.92 Å². The average Bonchev–Trinajstić information content (AvgIpc) is 2.85. The molecule has 1 saturated carbocycles. The molecule has 3 unspecified atom stereocenters. The predicted molar refractivity (Wildman–Crippen MR) is 80.5 cm³/mol. The maximum Gasteiger partial charge on any atom is 0.221 e. The lowest BCUT2D eigenvalue weighted by Gasteiger charge is -2.24. The zero-order valence-corrected chi connectivity index (χ0v) is 12.2. The molecule has 0 aromatic heterocycles. The van der Waals surface area contributed by atoms with Gasteiger partial charge < -0.3 is 15.7 Å². The van der Waals surface area contributed by atoms with E-state index >= 15 is 0 Å². The molecule has 1 aliphatic rings. The van der Waals surface area contributed by atoms with Crippen molar-refractivity contribution in [3.8, 4) is 0 Å². The van der Waals surface area contributed by atoms with Crippen LogP contribution in [0.5, 0.6) is 0 Å². The van der Waals surface area contributed by atoms with Crippen LogP contribution in [-0.2, 0) is 4.79 Å². The van der Waals surface area contributed by atoms with Gasteiger partial charge in [0.25, 0.3) is 0 Å². The Morgan fingerprint density at radius 2 is 2.25 bits per heavy atom. The molecule has 0 bridgehead atoms. The number of benzene rings is 1. The summed E-state index contributed by atoms with van der Waals surface area (Å²) in [6, 6.07) is 8.51. The lowest BCUT2D eigenvalue weighted by atomic mass is 10.0. The van der Waals surface area contributed by atoms with Gasteiger partial charge in [-0.05, 0) is 43.4 Å². The molecule has 3 N–H and O–H groups in total. The van der Waals surface area contributed by atoms with Crippen molar-refractivity contribution in [2.24, 2.45) is 5.92 Å². The summed E-state index contributed by atoms with van der Waals surface area (Å²) in [4.78, 5) is 11.1. The predicted octanol–water partition coefficient (Wildman–Crippen LogP) is 2.46. The van der Waals surface area contributed by atoms with Crippen molar-refractivity contribution in [3.05, 3.63) is 29.8 Å². The second kappa shape index (κ2) is 6.86. The first-order valence-corrected chi connectivity index (χ1v) is 7.34. The van der Waals surface area contributed by atoms with Crippen LogP contribution in [0.1, 0.15) is 44.7 Å². The first-order chi connectivity index (χ1) is 9.60. The molecule has 4 nitrogen and oxygen atoms in total. The molecule has 20 heavy (non-hydrogen) atoms. The van der Waals surface area contributed by atoms with E-state index < -0.39 is 0 Å². The largest absolute Gasteiger partial charge is 0.396 e. The van der Waals surface area contributed by atoms with Crippen LogP contribution in [0.25, 0.3) is 0 Å². The Morgan fingerprint density at radius 3 is 2.95 bits per heavy atom. The van der Waals surface area contributed by atoms with Crippen LogP contribution in [0.4, 0.5) is 5.69 Å². The number of hydrogen-bond acceptors (Lipinski definition) is 3. The Hall–Kier alpha value is -1.39. The molecule has 0 heterocycles. The number of aliphatic hydroxyl groups is 1. The van der Waals surface area contributed by atoms with Gasteiger partial charge in [0, 0.05) is 31.3 Å². The van der Waals surface area contributed by atoms with E-state index in [-0.39, 0.29) is 18.6 Å². The highest BCUT2D eigenvalue weighted by atomic mass is 16.3. The van der Waals surface area contributed by atoms with E-state index in [0.29, 0.717) is 12.0 Å². The number of rotatable bonds is 5. The van der Waals surface area contributed by atoms with Crippen LogP contribution in [0.3, 0.4) is 0 Å². The van der Waals surface area contributed by atoms with E-state index in [9.17, 15) is 9.90 Å². The van der Waals surface area contributed by atoms with Gasteiger partial charge in [-0.3, -0.25) is 4.79 Å². The van der Waals surface area contributed by atoms with Crippen molar-refractivity contribution in [1.82, 2.24) is 5.32 Å². The number of aliphatic hydroxyl groups excluding tert-OH is 1. The number of carbonyl (C=O) groups excluding carboxylic acids is 1. The molecule has 0 saturated heterocycles. The second-order valence-electron chi connectivity index (χ2n) is 5.68. The molecule has 2 rings (SSSR count). The third-order valence-electron chi connectivity index (χ3n) is 4.06. The van der Waals surface area contributed by atoms with Crippen molar-refractivity contribution in [3.63, 3.8) is 0 Å². The maximum atomic E-state index is 11.1. The van der Waals surface area contributed by atoms with Gasteiger partial charge in [0.2, 0.25) is 5.91 Å². The zero-order valence-electron chi connectivity index (χ0n) is 12.2. The minimum Gasteiger partial charge on any atom is -0.396 e. The van der Waals surface area contributed by atoms with Crippen LogP contribution in [0.15, 0.2) is 24.3 Å². The van der Waals surface area contributed by atoms with Gasteiger partial charge in [-0.2, -0.15) is 0 Å². The number of anilines is 1. The Labute approximate surface area is 120 Å². The van der Waals surface area contributed by atoms with Gasteiger partial charge in [-0.1, -0.05) is 18.6 Å². The standard InChI is InChI=1S/C16H24N2O2/c1-11(17-16-8-4-6-14(16)10-19)13-5-3-7-15(9-13)18-12(2)20/h3,5,7,9,11,14,16-17,19H,4,6,8,10H2,1-2H3,(H,18,20). The van der Waals surface area contributed by atoms with Gasteiger partial charge in [0.05, 0.1) is 0 Å². The zero-order chi connectivity index (χ0) is 14.5. The summed E-state index contributed by atoms with van der Waals surface area (Å²) < 4.78 is 0. The SMILES string of the molecule is CC(=O)Nc1cccc(C(C)NC2CCCC2CO)c1. The smallest absolute Gasteiger partial charge is 0.221 e. The van der Waals surface area contributed by atoms with Crippen LogP contribution in [0.2, 0.25) is 0 Å². The molecule has 1 amide bonds. The fourth-order valence-corrected chi connectivity index (χ4v) is 2.98. The number of hydrogen-bond donors (Lipinski definition) is 3. The molecule has 1 aliphatic carbocycles. The number of carbonyl (C=O) groups is 1. The lowest BCUT2D eigenvalue weighted by molar-refractivity contribution is -0.114. The highest BCUT2D eigenvalue weighted by Gasteiger charge is 2.27. The topological polar surface area (TPSA) is 61.4 Å². The highest BCUT2D eigenvalue weighted by Crippen LogP contribution is 2.28. The minimum atomic E-state index is -0.0566. The molecule has 3 atom stereocenters. The molecule has 0 radical (unpaired) electrons. The van der Waals surface area contributed by atoms with Crippen LogP contribution < -0.4 is 10.6 Å². The quantitative estimate of drug-likeness (QED) is 0.774. The van der Waals surface area contributed by atoms with Crippen molar-refractivity contribution < 1.29 is 9.90 Å². The van der Waals surface area contributed by atoms with Crippen molar-refractivity contribution in [2.45, 2.75) is 45.2 Å². The monoisotopic (exact) mass is 276 g/mol. The van der Waals surface area contributed by atoms with Crippen molar-refractivity contribution in [1.29, 1.82) is 0 Å². The molecule has 1 aromatic rings. The Kier molecular flexibility index (Phi) is 5.15. The molecule has 1 fully saturated rings. The van der Waals surface area contributed by atoms with Gasteiger partial charge in [0.15, 0.2) is 0 Å². The summed E-state index contributed by atoms with van der Waals surface area (Å²) in [6.07, 6.45) is 3.41. The van der Waals surface area contributed by atoms with E-state index in [1.165, 1.54) is 13.3 Å². The normalized spacial score (nSPS) is 23.6. The molecule has 0 aliphatic heterocycles. The summed E-state index contributed by atoms with van der Waals surface area (Å²) >= 11 is 0. The highest BCUT2D eigenvalue weighted by molar-refractivity contribution is 5.88. The fourth-order valence-electron chi connectivity index (χ4n) is 2.98. The maximum absolute atomic E-state index is 11.1. The Balaban J connectivity index is 2.01. The van der Waals surface area contributed by atoms with Crippen LogP contribution >= 0.6 is 0 Å². The van der Waals surface area contributed by atoms with Crippen molar-refractivity contribution >= 4 is 11.6 Å². The fraction of sp³-hybridized carbons (Fsp3) is 0.562. The summed E-state index contributed by atoms with van der Waals surface area (Å²) in [5, 5.41) is 15.8. The molecule has 1 aromatic carbocycles. The molecular weight excluding hydrogens is 252 g/mol. The first kappa shape index (κ1) is 15.0. The van der Waals surface area contributed by atoms with Gasteiger partial charge in [0.1, 0.15) is 0 Å². The number of nitrogens with one attached hydrogen (secondary N) is 2. The van der Waals surface area contributed by atoms with Gasteiger partial charge in [-0.15, -0.1) is 0 Å². The second-order valence-corrected chi connectivity index (χ2v) is 5.68. The molecule has 0 spiro atoms. The first-order valence-electron chi connectivity index (χ1n) is 7.34. The molecular formula is C16H24N2O2. The summed E-state index contributed by atoms with van der Waals surface area (Å²) in [7, 11) is 0. The van der Waals surface area contributed by atoms with E-state index in [4.69, 9.17) is 0 Å². The van der Waals surface area contributed by atoms with Crippen LogP contribution in [-0.4, -0.2) is 23.7 Å². The summed E-state index contributed by atoms with van der Waals surface area (Å²) in [5.74, 6) is 0.315.